The number of hydrogen-bond acceptors (Lipinski definition) is 2. The summed E-state index contributed by atoms with van der Waals surface area (Å²) >= 11 is 1.96. The fourth-order valence-corrected chi connectivity index (χ4v) is 4.10. The van der Waals surface area contributed by atoms with Gasteiger partial charge in [0, 0.05) is 16.8 Å². The standard InChI is InChI=1S/C15H25NS/c1-3-4-5-8-14(16-2)12-7-6-9-15-13(12)10-11-17-15/h10-12,14,16H,3-9H2,1-2H3. The van der Waals surface area contributed by atoms with Crippen molar-refractivity contribution >= 4 is 11.3 Å². The topological polar surface area (TPSA) is 12.0 Å². The summed E-state index contributed by atoms with van der Waals surface area (Å²) in [5.41, 5.74) is 1.65. The monoisotopic (exact) mass is 251 g/mol. The molecule has 1 aliphatic rings. The molecule has 0 fully saturated rings. The van der Waals surface area contributed by atoms with Crippen molar-refractivity contribution in [3.05, 3.63) is 21.9 Å². The van der Waals surface area contributed by atoms with Crippen molar-refractivity contribution in [2.24, 2.45) is 0 Å². The highest BCUT2D eigenvalue weighted by molar-refractivity contribution is 7.10. The van der Waals surface area contributed by atoms with Crippen LogP contribution in [0.4, 0.5) is 0 Å². The lowest BCUT2D eigenvalue weighted by atomic mass is 9.81. The van der Waals surface area contributed by atoms with Crippen LogP contribution in [0, 0.1) is 0 Å². The smallest absolute Gasteiger partial charge is 0.0133 e. The van der Waals surface area contributed by atoms with Crippen LogP contribution < -0.4 is 5.32 Å². The molecule has 96 valence electrons. The van der Waals surface area contributed by atoms with Crippen LogP contribution in [0.15, 0.2) is 11.4 Å². The second-order valence-corrected chi connectivity index (χ2v) is 6.19. The van der Waals surface area contributed by atoms with Crippen LogP contribution in [0.2, 0.25) is 0 Å². The molecule has 2 rings (SSSR count). The first-order valence-corrected chi connectivity index (χ1v) is 7.98. The third-order valence-corrected chi connectivity index (χ3v) is 5.07. The molecule has 1 aromatic rings. The zero-order chi connectivity index (χ0) is 12.1. The minimum absolute atomic E-state index is 0.690. The average molecular weight is 251 g/mol. The molecular formula is C15H25NS. The molecule has 1 aromatic heterocycles. The van der Waals surface area contributed by atoms with Gasteiger partial charge in [-0.05, 0) is 49.7 Å². The van der Waals surface area contributed by atoms with Crippen LogP contribution in [0.1, 0.15) is 61.8 Å². The van der Waals surface area contributed by atoms with Crippen molar-refractivity contribution in [3.8, 4) is 0 Å². The first kappa shape index (κ1) is 13.1. The van der Waals surface area contributed by atoms with Crippen LogP contribution >= 0.6 is 11.3 Å². The summed E-state index contributed by atoms with van der Waals surface area (Å²) in [5, 5.41) is 5.85. The Kier molecular flexibility index (Phi) is 5.05. The molecule has 1 aliphatic carbocycles. The van der Waals surface area contributed by atoms with Gasteiger partial charge in [0.25, 0.3) is 0 Å². The van der Waals surface area contributed by atoms with Crippen molar-refractivity contribution < 1.29 is 0 Å². The Bertz CT molecular complexity index is 331. The van der Waals surface area contributed by atoms with Gasteiger partial charge in [0.2, 0.25) is 0 Å². The Morgan fingerprint density at radius 1 is 1.47 bits per heavy atom. The molecule has 2 unspecified atom stereocenters. The third kappa shape index (κ3) is 3.11. The molecule has 0 amide bonds. The van der Waals surface area contributed by atoms with E-state index in [1.54, 1.807) is 10.4 Å². The maximum absolute atomic E-state index is 3.57. The second kappa shape index (κ2) is 6.55. The van der Waals surface area contributed by atoms with E-state index in [9.17, 15) is 0 Å². The number of nitrogens with one attached hydrogen (secondary N) is 1. The number of unbranched alkanes of at least 4 members (excludes halogenated alkanes) is 2. The largest absolute Gasteiger partial charge is 0.316 e. The Hall–Kier alpha value is -0.340. The molecular weight excluding hydrogens is 226 g/mol. The summed E-state index contributed by atoms with van der Waals surface area (Å²) in [5.74, 6) is 0.770. The van der Waals surface area contributed by atoms with Gasteiger partial charge in [-0.25, -0.2) is 0 Å². The van der Waals surface area contributed by atoms with Crippen LogP contribution in [0.5, 0.6) is 0 Å². The van der Waals surface area contributed by atoms with Crippen molar-refractivity contribution in [1.29, 1.82) is 0 Å². The van der Waals surface area contributed by atoms with Crippen LogP contribution in [-0.2, 0) is 6.42 Å². The number of aryl methyl sites for hydroxylation is 1. The minimum Gasteiger partial charge on any atom is -0.316 e. The highest BCUT2D eigenvalue weighted by Crippen LogP contribution is 2.38. The Balaban J connectivity index is 2.01. The molecule has 2 atom stereocenters. The summed E-state index contributed by atoms with van der Waals surface area (Å²) in [6.45, 7) is 2.28. The number of rotatable bonds is 6. The van der Waals surface area contributed by atoms with Crippen molar-refractivity contribution in [2.75, 3.05) is 7.05 Å². The van der Waals surface area contributed by atoms with Gasteiger partial charge in [0.15, 0.2) is 0 Å². The minimum atomic E-state index is 0.690. The van der Waals surface area contributed by atoms with E-state index < -0.39 is 0 Å². The Morgan fingerprint density at radius 2 is 2.35 bits per heavy atom. The van der Waals surface area contributed by atoms with Gasteiger partial charge in [0.1, 0.15) is 0 Å². The molecule has 2 heteroatoms. The van der Waals surface area contributed by atoms with E-state index in [2.05, 4.69) is 30.7 Å². The highest BCUT2D eigenvalue weighted by Gasteiger charge is 2.27. The Morgan fingerprint density at radius 3 is 3.12 bits per heavy atom. The predicted molar refractivity (Wildman–Crippen MR) is 77.0 cm³/mol. The molecule has 1 heterocycles. The molecule has 0 saturated heterocycles. The molecule has 0 aromatic carbocycles. The lowest BCUT2D eigenvalue weighted by Gasteiger charge is -2.30. The van der Waals surface area contributed by atoms with E-state index in [-0.39, 0.29) is 0 Å². The van der Waals surface area contributed by atoms with E-state index in [4.69, 9.17) is 0 Å². The average Bonchev–Trinajstić information content (AvgIpc) is 2.83. The maximum Gasteiger partial charge on any atom is 0.0133 e. The summed E-state index contributed by atoms with van der Waals surface area (Å²) in [7, 11) is 2.14. The molecule has 0 radical (unpaired) electrons. The second-order valence-electron chi connectivity index (χ2n) is 5.19. The van der Waals surface area contributed by atoms with Crippen molar-refractivity contribution in [2.45, 2.75) is 63.8 Å². The van der Waals surface area contributed by atoms with Crippen LogP contribution in [-0.4, -0.2) is 13.1 Å². The summed E-state index contributed by atoms with van der Waals surface area (Å²) in [6, 6.07) is 3.06. The summed E-state index contributed by atoms with van der Waals surface area (Å²) < 4.78 is 0. The number of likely N-dealkylation sites (N-methyl/N-ethyl adjacent to an activating group) is 1. The normalized spacial score (nSPS) is 21.2. The van der Waals surface area contributed by atoms with E-state index >= 15 is 0 Å². The fourth-order valence-electron chi connectivity index (χ4n) is 3.10. The Labute approximate surface area is 110 Å². The maximum atomic E-state index is 3.57. The zero-order valence-corrected chi connectivity index (χ0v) is 12.0. The van der Waals surface area contributed by atoms with Crippen molar-refractivity contribution in [3.63, 3.8) is 0 Å². The molecule has 0 aliphatic heterocycles. The van der Waals surface area contributed by atoms with Gasteiger partial charge in [-0.2, -0.15) is 0 Å². The van der Waals surface area contributed by atoms with Gasteiger partial charge in [-0.15, -0.1) is 11.3 Å². The van der Waals surface area contributed by atoms with Crippen molar-refractivity contribution in [1.82, 2.24) is 5.32 Å². The molecule has 0 bridgehead atoms. The summed E-state index contributed by atoms with van der Waals surface area (Å²) in [6.07, 6.45) is 9.48. The molecule has 0 spiro atoms. The number of thiophene rings is 1. The predicted octanol–water partition coefficient (Wildman–Crippen LogP) is 4.34. The first-order valence-electron chi connectivity index (χ1n) is 7.10. The quantitative estimate of drug-likeness (QED) is 0.742. The number of hydrogen-bond donors (Lipinski definition) is 1. The van der Waals surface area contributed by atoms with E-state index in [0.29, 0.717) is 6.04 Å². The molecule has 1 N–H and O–H groups in total. The number of fused-ring (bicyclic) bond motifs is 1. The molecule has 17 heavy (non-hydrogen) atoms. The van der Waals surface area contributed by atoms with Gasteiger partial charge >= 0.3 is 0 Å². The van der Waals surface area contributed by atoms with Crippen LogP contribution in [0.25, 0.3) is 0 Å². The third-order valence-electron chi connectivity index (χ3n) is 4.07. The van der Waals surface area contributed by atoms with E-state index in [1.165, 1.54) is 44.9 Å². The first-order chi connectivity index (χ1) is 8.36. The zero-order valence-electron chi connectivity index (χ0n) is 11.2. The molecule has 0 saturated carbocycles. The van der Waals surface area contributed by atoms with Gasteiger partial charge < -0.3 is 5.32 Å². The SMILES string of the molecule is CCCCCC(NC)C1CCCc2sccc21. The van der Waals surface area contributed by atoms with Gasteiger partial charge in [0.05, 0.1) is 0 Å². The van der Waals surface area contributed by atoms with Gasteiger partial charge in [-0.3, -0.25) is 0 Å². The summed E-state index contributed by atoms with van der Waals surface area (Å²) in [4.78, 5) is 1.65. The van der Waals surface area contributed by atoms with Gasteiger partial charge in [-0.1, -0.05) is 26.2 Å². The molecule has 1 nitrogen and oxygen atoms in total. The lowest BCUT2D eigenvalue weighted by Crippen LogP contribution is -2.33. The van der Waals surface area contributed by atoms with Crippen LogP contribution in [0.3, 0.4) is 0 Å². The lowest BCUT2D eigenvalue weighted by molar-refractivity contribution is 0.384. The highest BCUT2D eigenvalue weighted by atomic mass is 32.1. The fraction of sp³-hybridized carbons (Fsp3) is 0.733. The van der Waals surface area contributed by atoms with E-state index in [0.717, 1.165) is 5.92 Å². The van der Waals surface area contributed by atoms with E-state index in [1.807, 2.05) is 11.3 Å².